The van der Waals surface area contributed by atoms with E-state index in [9.17, 15) is 9.59 Å². The van der Waals surface area contributed by atoms with E-state index in [-0.39, 0.29) is 11.9 Å². The molecule has 1 aliphatic rings. The molecule has 1 unspecified atom stereocenters. The van der Waals surface area contributed by atoms with E-state index >= 15 is 0 Å². The molecule has 7 nitrogen and oxygen atoms in total. The molecule has 3 aromatic rings. The van der Waals surface area contributed by atoms with Crippen LogP contribution in [0.3, 0.4) is 0 Å². The first-order chi connectivity index (χ1) is 14.2. The van der Waals surface area contributed by atoms with Crippen molar-refractivity contribution in [3.8, 4) is 11.5 Å². The van der Waals surface area contributed by atoms with Crippen LogP contribution in [0.5, 0.6) is 11.5 Å². The second kappa shape index (κ2) is 8.43. The topological polar surface area (TPSA) is 82.7 Å². The van der Waals surface area contributed by atoms with Crippen molar-refractivity contribution in [2.45, 2.75) is 38.8 Å². The third-order valence-electron chi connectivity index (χ3n) is 5.07. The summed E-state index contributed by atoms with van der Waals surface area (Å²) in [6.45, 7) is 3.54. The van der Waals surface area contributed by atoms with Gasteiger partial charge in [0, 0.05) is 13.0 Å². The molecule has 7 heteroatoms. The predicted molar refractivity (Wildman–Crippen MR) is 108 cm³/mol. The summed E-state index contributed by atoms with van der Waals surface area (Å²) in [6, 6.07) is 13.0. The molecule has 1 aliphatic heterocycles. The van der Waals surface area contributed by atoms with E-state index in [2.05, 4.69) is 5.32 Å². The van der Waals surface area contributed by atoms with E-state index in [0.29, 0.717) is 43.9 Å². The highest BCUT2D eigenvalue weighted by Gasteiger charge is 2.18. The highest BCUT2D eigenvalue weighted by molar-refractivity contribution is 5.76. The maximum Gasteiger partial charge on any atom is 0.419 e. The van der Waals surface area contributed by atoms with Gasteiger partial charge in [0.05, 0.1) is 11.6 Å². The molecule has 0 radical (unpaired) electrons. The lowest BCUT2D eigenvalue weighted by atomic mass is 10.0. The number of hydrogen-bond acceptors (Lipinski definition) is 5. The first-order valence-corrected chi connectivity index (χ1v) is 9.93. The monoisotopic (exact) mass is 396 g/mol. The molecule has 2 heterocycles. The number of ether oxygens (including phenoxy) is 2. The maximum atomic E-state index is 12.5. The lowest BCUT2D eigenvalue weighted by Crippen LogP contribution is -2.28. The van der Waals surface area contributed by atoms with Gasteiger partial charge in [0.25, 0.3) is 0 Å². The number of hydrogen-bond donors (Lipinski definition) is 1. The molecule has 0 spiro atoms. The number of carbonyl (C=O) groups excluding carboxylic acids is 1. The van der Waals surface area contributed by atoms with Gasteiger partial charge in [0.1, 0.15) is 13.2 Å². The van der Waals surface area contributed by atoms with Crippen molar-refractivity contribution >= 4 is 17.0 Å². The Kier molecular flexibility index (Phi) is 5.55. The number of benzene rings is 2. The zero-order chi connectivity index (χ0) is 20.2. The van der Waals surface area contributed by atoms with Crippen LogP contribution < -0.4 is 20.5 Å². The fourth-order valence-corrected chi connectivity index (χ4v) is 3.59. The maximum absolute atomic E-state index is 12.5. The Bertz CT molecular complexity index is 1070. The number of nitrogens with zero attached hydrogens (tertiary/aromatic N) is 1. The summed E-state index contributed by atoms with van der Waals surface area (Å²) < 4.78 is 18.0. The number of aromatic nitrogens is 1. The van der Waals surface area contributed by atoms with Gasteiger partial charge < -0.3 is 19.2 Å². The average Bonchev–Trinajstić information content (AvgIpc) is 3.07. The smallest absolute Gasteiger partial charge is 0.419 e. The standard InChI is InChI=1S/C22H24N2O5/c1-2-16(15-9-10-19-20(14-15)28-13-12-27-19)23-21(25)8-5-11-24-17-6-3-4-7-18(17)29-22(24)26/h3-4,6-7,9-10,14,16H,2,5,8,11-13H2,1H3,(H,23,25). The summed E-state index contributed by atoms with van der Waals surface area (Å²) in [5.74, 6) is 1.01. The Morgan fingerprint density at radius 1 is 1.14 bits per heavy atom. The van der Waals surface area contributed by atoms with Crippen LogP contribution in [0, 0.1) is 0 Å². The molecular weight excluding hydrogens is 372 g/mol. The normalized spacial score (nSPS) is 14.0. The summed E-state index contributed by atoms with van der Waals surface area (Å²) in [4.78, 5) is 24.5. The zero-order valence-electron chi connectivity index (χ0n) is 16.3. The number of carbonyl (C=O) groups is 1. The van der Waals surface area contributed by atoms with E-state index in [1.807, 2.05) is 43.3 Å². The first-order valence-electron chi connectivity index (χ1n) is 9.93. The largest absolute Gasteiger partial charge is 0.486 e. The van der Waals surface area contributed by atoms with E-state index in [0.717, 1.165) is 23.3 Å². The van der Waals surface area contributed by atoms with Gasteiger partial charge in [-0.15, -0.1) is 0 Å². The molecule has 29 heavy (non-hydrogen) atoms. The number of amides is 1. The van der Waals surface area contributed by atoms with E-state index < -0.39 is 5.76 Å². The van der Waals surface area contributed by atoms with Gasteiger partial charge in [-0.1, -0.05) is 25.1 Å². The molecular formula is C22H24N2O5. The summed E-state index contributed by atoms with van der Waals surface area (Å²) in [6.07, 6.45) is 1.64. The molecule has 152 valence electrons. The van der Waals surface area contributed by atoms with Crippen LogP contribution in [0.15, 0.2) is 51.7 Å². The lowest BCUT2D eigenvalue weighted by Gasteiger charge is -2.22. The second-order valence-corrected chi connectivity index (χ2v) is 7.02. The first kappa shape index (κ1) is 19.1. The van der Waals surface area contributed by atoms with E-state index in [4.69, 9.17) is 13.9 Å². The van der Waals surface area contributed by atoms with Crippen LogP contribution in [-0.4, -0.2) is 23.7 Å². The summed E-state index contributed by atoms with van der Waals surface area (Å²) in [7, 11) is 0. The Morgan fingerprint density at radius 2 is 1.93 bits per heavy atom. The minimum atomic E-state index is -0.394. The van der Waals surface area contributed by atoms with Crippen molar-refractivity contribution in [2.75, 3.05) is 13.2 Å². The number of nitrogens with one attached hydrogen (secondary N) is 1. The predicted octanol–water partition coefficient (Wildman–Crippen LogP) is 3.41. The number of fused-ring (bicyclic) bond motifs is 2. The number of rotatable bonds is 7. The van der Waals surface area contributed by atoms with Crippen LogP contribution >= 0.6 is 0 Å². The molecule has 1 atom stereocenters. The second-order valence-electron chi connectivity index (χ2n) is 7.02. The number of para-hydroxylation sites is 2. The molecule has 0 fully saturated rings. The summed E-state index contributed by atoms with van der Waals surface area (Å²) in [5, 5.41) is 3.08. The van der Waals surface area contributed by atoms with Gasteiger partial charge >= 0.3 is 5.76 Å². The zero-order valence-corrected chi connectivity index (χ0v) is 16.3. The van der Waals surface area contributed by atoms with Crippen molar-refractivity contribution in [1.29, 1.82) is 0 Å². The average molecular weight is 396 g/mol. The Balaban J connectivity index is 1.36. The fraction of sp³-hybridized carbons (Fsp3) is 0.364. The third-order valence-corrected chi connectivity index (χ3v) is 5.07. The summed E-state index contributed by atoms with van der Waals surface area (Å²) in [5.41, 5.74) is 2.30. The molecule has 0 aliphatic carbocycles. The van der Waals surface area contributed by atoms with Gasteiger partial charge in [-0.05, 0) is 42.7 Å². The fourth-order valence-electron chi connectivity index (χ4n) is 3.59. The number of oxazole rings is 1. The molecule has 0 bridgehead atoms. The highest BCUT2D eigenvalue weighted by Crippen LogP contribution is 2.33. The van der Waals surface area contributed by atoms with Crippen LogP contribution in [0.2, 0.25) is 0 Å². The quantitative estimate of drug-likeness (QED) is 0.662. The number of aryl methyl sites for hydroxylation is 1. The minimum Gasteiger partial charge on any atom is -0.486 e. The molecule has 1 amide bonds. The minimum absolute atomic E-state index is 0.0485. The SMILES string of the molecule is CCC(NC(=O)CCCn1c(=O)oc2ccccc21)c1ccc2c(c1)OCCO2. The Morgan fingerprint density at radius 3 is 2.76 bits per heavy atom. The van der Waals surface area contributed by atoms with Crippen molar-refractivity contribution in [1.82, 2.24) is 9.88 Å². The van der Waals surface area contributed by atoms with Crippen LogP contribution in [0.4, 0.5) is 0 Å². The van der Waals surface area contributed by atoms with Crippen molar-refractivity contribution < 1.29 is 18.7 Å². The van der Waals surface area contributed by atoms with Crippen molar-refractivity contribution in [3.63, 3.8) is 0 Å². The molecule has 4 rings (SSSR count). The van der Waals surface area contributed by atoms with Gasteiger partial charge in [0.15, 0.2) is 17.1 Å². The van der Waals surface area contributed by atoms with E-state index in [1.54, 1.807) is 10.6 Å². The van der Waals surface area contributed by atoms with Gasteiger partial charge in [-0.2, -0.15) is 0 Å². The third kappa shape index (κ3) is 4.13. The molecule has 0 saturated heterocycles. The lowest BCUT2D eigenvalue weighted by molar-refractivity contribution is -0.122. The van der Waals surface area contributed by atoms with Crippen LogP contribution in [0.1, 0.15) is 37.8 Å². The molecule has 1 aromatic heterocycles. The molecule has 1 N–H and O–H groups in total. The van der Waals surface area contributed by atoms with Crippen LogP contribution in [-0.2, 0) is 11.3 Å². The van der Waals surface area contributed by atoms with Crippen molar-refractivity contribution in [2.24, 2.45) is 0 Å². The van der Waals surface area contributed by atoms with Gasteiger partial charge in [-0.3, -0.25) is 9.36 Å². The molecule has 0 saturated carbocycles. The van der Waals surface area contributed by atoms with Gasteiger partial charge in [0.2, 0.25) is 5.91 Å². The molecule has 2 aromatic carbocycles. The van der Waals surface area contributed by atoms with Crippen LogP contribution in [0.25, 0.3) is 11.1 Å². The highest BCUT2D eigenvalue weighted by atomic mass is 16.6. The Hall–Kier alpha value is -3.22. The van der Waals surface area contributed by atoms with E-state index in [1.165, 1.54) is 0 Å². The van der Waals surface area contributed by atoms with Gasteiger partial charge in [-0.25, -0.2) is 4.79 Å². The Labute approximate surface area is 168 Å². The summed E-state index contributed by atoms with van der Waals surface area (Å²) >= 11 is 0. The van der Waals surface area contributed by atoms with Crippen molar-refractivity contribution in [3.05, 3.63) is 58.6 Å².